The molecule has 0 spiro atoms. The molecule has 0 bridgehead atoms. The minimum atomic E-state index is -1.21. The maximum Gasteiger partial charge on any atom is 0.405 e. The van der Waals surface area contributed by atoms with Crippen molar-refractivity contribution in [2.75, 3.05) is 13.1 Å². The molecular formula is C18H25N3O4. The van der Waals surface area contributed by atoms with E-state index in [1.54, 1.807) is 23.1 Å². The summed E-state index contributed by atoms with van der Waals surface area (Å²) in [5.74, 6) is -0.104. The number of piperidine rings is 1. The summed E-state index contributed by atoms with van der Waals surface area (Å²) in [7, 11) is 0. The van der Waals surface area contributed by atoms with Gasteiger partial charge < -0.3 is 21.1 Å². The maximum absolute atomic E-state index is 12.7. The number of rotatable bonds is 6. The van der Waals surface area contributed by atoms with Crippen LogP contribution in [0.1, 0.15) is 42.1 Å². The van der Waals surface area contributed by atoms with Gasteiger partial charge in [0.05, 0.1) is 0 Å². The highest BCUT2D eigenvalue weighted by molar-refractivity contribution is 5.92. The van der Waals surface area contributed by atoms with Crippen molar-refractivity contribution in [2.45, 2.75) is 38.6 Å². The van der Waals surface area contributed by atoms with Crippen LogP contribution in [0.2, 0.25) is 0 Å². The Kier molecular flexibility index (Phi) is 6.38. The van der Waals surface area contributed by atoms with Gasteiger partial charge in [0.1, 0.15) is 6.04 Å². The van der Waals surface area contributed by atoms with Crippen molar-refractivity contribution in [2.24, 2.45) is 11.7 Å². The van der Waals surface area contributed by atoms with E-state index in [2.05, 4.69) is 12.2 Å². The van der Waals surface area contributed by atoms with Gasteiger partial charge in [0.25, 0.3) is 0 Å². The lowest BCUT2D eigenvalue weighted by Crippen LogP contribution is -2.50. The van der Waals surface area contributed by atoms with Crippen molar-refractivity contribution in [1.29, 1.82) is 0 Å². The Morgan fingerprint density at radius 3 is 2.60 bits per heavy atom. The zero-order chi connectivity index (χ0) is 18.4. The number of benzene rings is 1. The molecule has 0 saturated carbocycles. The smallest absolute Gasteiger partial charge is 0.405 e. The molecule has 1 aliphatic heterocycles. The molecule has 0 aliphatic carbocycles. The lowest BCUT2D eigenvalue weighted by Gasteiger charge is -2.33. The van der Waals surface area contributed by atoms with Crippen molar-refractivity contribution in [1.82, 2.24) is 10.2 Å². The number of carboxylic acid groups (broad SMARTS) is 1. The van der Waals surface area contributed by atoms with E-state index in [0.717, 1.165) is 18.4 Å². The number of carbonyl (C=O) groups is 3. The van der Waals surface area contributed by atoms with E-state index in [1.807, 2.05) is 6.07 Å². The van der Waals surface area contributed by atoms with E-state index in [1.165, 1.54) is 0 Å². The topological polar surface area (TPSA) is 113 Å². The number of hydrogen-bond donors (Lipinski definition) is 3. The third kappa shape index (κ3) is 5.48. The first-order valence-electron chi connectivity index (χ1n) is 8.54. The van der Waals surface area contributed by atoms with Crippen LogP contribution in [-0.4, -0.2) is 47.0 Å². The van der Waals surface area contributed by atoms with Crippen LogP contribution in [0.3, 0.4) is 0 Å². The number of nitrogens with zero attached hydrogens (tertiary/aromatic N) is 1. The number of aryl methyl sites for hydroxylation is 1. The molecule has 2 rings (SSSR count). The van der Waals surface area contributed by atoms with Gasteiger partial charge in [-0.2, -0.15) is 0 Å². The quantitative estimate of drug-likeness (QED) is 0.725. The average molecular weight is 347 g/mol. The third-order valence-electron chi connectivity index (χ3n) is 4.62. The molecule has 1 fully saturated rings. The molecule has 7 heteroatoms. The van der Waals surface area contributed by atoms with Crippen molar-refractivity contribution in [3.05, 3.63) is 35.4 Å². The molecule has 0 radical (unpaired) electrons. The summed E-state index contributed by atoms with van der Waals surface area (Å²) in [5, 5.41) is 11.4. The van der Waals surface area contributed by atoms with Gasteiger partial charge in [-0.15, -0.1) is 0 Å². The predicted molar refractivity (Wildman–Crippen MR) is 93.2 cm³/mol. The van der Waals surface area contributed by atoms with Crippen LogP contribution >= 0.6 is 0 Å². The molecule has 25 heavy (non-hydrogen) atoms. The fraction of sp³-hybridized carbons (Fsp3) is 0.500. The van der Waals surface area contributed by atoms with Crippen LogP contribution < -0.4 is 11.1 Å². The van der Waals surface area contributed by atoms with Crippen LogP contribution in [0, 0.1) is 5.92 Å². The van der Waals surface area contributed by atoms with E-state index in [0.29, 0.717) is 37.4 Å². The highest BCUT2D eigenvalue weighted by atomic mass is 16.4. The minimum Gasteiger partial charge on any atom is -0.465 e. The molecule has 7 nitrogen and oxygen atoms in total. The molecular weight excluding hydrogens is 322 g/mol. The number of likely N-dealkylation sites (tertiary alicyclic amines) is 1. The lowest BCUT2D eigenvalue weighted by molar-refractivity contribution is -0.134. The van der Waals surface area contributed by atoms with Gasteiger partial charge in [0, 0.05) is 18.7 Å². The first-order chi connectivity index (χ1) is 11.9. The van der Waals surface area contributed by atoms with Crippen molar-refractivity contribution in [3.63, 3.8) is 0 Å². The van der Waals surface area contributed by atoms with Crippen LogP contribution in [0.4, 0.5) is 4.79 Å². The van der Waals surface area contributed by atoms with E-state index in [4.69, 9.17) is 10.8 Å². The van der Waals surface area contributed by atoms with Gasteiger partial charge in [0.15, 0.2) is 0 Å². The molecule has 1 atom stereocenters. The number of nitrogens with one attached hydrogen (secondary N) is 1. The molecule has 1 aliphatic rings. The van der Waals surface area contributed by atoms with E-state index in [9.17, 15) is 14.4 Å². The number of amides is 3. The van der Waals surface area contributed by atoms with Gasteiger partial charge in [-0.05, 0) is 49.3 Å². The predicted octanol–water partition coefficient (Wildman–Crippen LogP) is 1.61. The van der Waals surface area contributed by atoms with E-state index in [-0.39, 0.29) is 5.91 Å². The first-order valence-corrected chi connectivity index (χ1v) is 8.54. The summed E-state index contributed by atoms with van der Waals surface area (Å²) in [6, 6.07) is 6.06. The second kappa shape index (κ2) is 8.50. The highest BCUT2D eigenvalue weighted by Gasteiger charge is 2.28. The Balaban J connectivity index is 2.02. The van der Waals surface area contributed by atoms with Crippen LogP contribution in [0.25, 0.3) is 0 Å². The molecule has 1 unspecified atom stereocenters. The Labute approximate surface area is 147 Å². The molecule has 136 valence electrons. The van der Waals surface area contributed by atoms with Gasteiger partial charge in [-0.1, -0.05) is 19.1 Å². The zero-order valence-electron chi connectivity index (χ0n) is 14.4. The molecule has 4 N–H and O–H groups in total. The zero-order valence-corrected chi connectivity index (χ0v) is 14.4. The summed E-state index contributed by atoms with van der Waals surface area (Å²) < 4.78 is 0. The maximum atomic E-state index is 12.7. The van der Waals surface area contributed by atoms with Gasteiger partial charge in [-0.3, -0.25) is 9.59 Å². The van der Waals surface area contributed by atoms with Crippen LogP contribution in [0.15, 0.2) is 24.3 Å². The van der Waals surface area contributed by atoms with Gasteiger partial charge in [-0.25, -0.2) is 4.79 Å². The average Bonchev–Trinajstić information content (AvgIpc) is 2.58. The Hall–Kier alpha value is -2.57. The molecule has 1 aromatic rings. The highest BCUT2D eigenvalue weighted by Crippen LogP contribution is 2.18. The molecule has 3 amide bonds. The van der Waals surface area contributed by atoms with E-state index < -0.39 is 18.0 Å². The van der Waals surface area contributed by atoms with E-state index >= 15 is 0 Å². The third-order valence-corrected chi connectivity index (χ3v) is 4.62. The fourth-order valence-corrected chi connectivity index (χ4v) is 3.05. The van der Waals surface area contributed by atoms with Crippen LogP contribution in [-0.2, 0) is 11.2 Å². The van der Waals surface area contributed by atoms with Gasteiger partial charge in [0.2, 0.25) is 11.8 Å². The van der Waals surface area contributed by atoms with Crippen molar-refractivity contribution < 1.29 is 19.5 Å². The number of carbonyl (C=O) groups excluding carboxylic acids is 2. The Morgan fingerprint density at radius 2 is 2.00 bits per heavy atom. The Morgan fingerprint density at radius 1 is 1.32 bits per heavy atom. The summed E-state index contributed by atoms with van der Waals surface area (Å²) in [5.41, 5.74) is 6.51. The normalized spacial score (nSPS) is 16.3. The first kappa shape index (κ1) is 18.8. The van der Waals surface area contributed by atoms with Gasteiger partial charge >= 0.3 is 6.09 Å². The minimum absolute atomic E-state index is 0.180. The second-order valence-corrected chi connectivity index (χ2v) is 6.61. The molecule has 1 aromatic carbocycles. The molecule has 1 heterocycles. The van der Waals surface area contributed by atoms with Crippen molar-refractivity contribution >= 4 is 17.9 Å². The lowest BCUT2D eigenvalue weighted by atomic mass is 9.97. The number of hydrogen-bond acceptors (Lipinski definition) is 3. The standard InChI is InChI=1S/C18H25N3O4/c1-12-7-9-21(10-8-12)17(23)15(20-18(24)25)6-5-13-3-2-4-14(11-13)16(19)22/h2-4,11-12,15,20H,5-10H2,1H3,(H2,19,22)(H,24,25). The number of primary amides is 1. The van der Waals surface area contributed by atoms with Crippen molar-refractivity contribution in [3.8, 4) is 0 Å². The summed E-state index contributed by atoms with van der Waals surface area (Å²) in [6.45, 7) is 3.48. The monoisotopic (exact) mass is 347 g/mol. The SMILES string of the molecule is CC1CCN(C(=O)C(CCc2cccc(C(N)=O)c2)NC(=O)O)CC1. The summed E-state index contributed by atoms with van der Waals surface area (Å²) >= 11 is 0. The summed E-state index contributed by atoms with van der Waals surface area (Å²) in [4.78, 5) is 36.7. The van der Waals surface area contributed by atoms with Crippen LogP contribution in [0.5, 0.6) is 0 Å². The number of nitrogens with two attached hydrogens (primary N) is 1. The largest absolute Gasteiger partial charge is 0.465 e. The summed E-state index contributed by atoms with van der Waals surface area (Å²) in [6.07, 6.45) is 1.47. The second-order valence-electron chi connectivity index (χ2n) is 6.61. The Bertz CT molecular complexity index is 639. The molecule has 0 aromatic heterocycles. The molecule has 1 saturated heterocycles. The fourth-order valence-electron chi connectivity index (χ4n) is 3.05.